The highest BCUT2D eigenvalue weighted by Crippen LogP contribution is 2.40. The molecule has 0 saturated heterocycles. The van der Waals surface area contributed by atoms with Crippen LogP contribution < -0.4 is 5.73 Å². The topological polar surface area (TPSA) is 70.1 Å². The maximum atomic E-state index is 12.4. The molecule has 5 nitrogen and oxygen atoms in total. The smallest absolute Gasteiger partial charge is 0.323 e. The fraction of sp³-hybridized carbons (Fsp3) is 0.241. The maximum Gasteiger partial charge on any atom is 0.323 e. The standard InChI is InChI=1S/C29H31N3O2.ClH/c1-28(2,3)34-27(33)26(30)19-25-20-32(21-31-25)29(22-13-7-4-8-14-22,23-15-9-5-10-16-23)24-17-11-6-12-18-24;/h4-18,20-21,26H,19,30H2,1-3H3;1H/t26-;/m0./s1. The van der Waals surface area contributed by atoms with Gasteiger partial charge >= 0.3 is 5.97 Å². The Morgan fingerprint density at radius 2 is 1.29 bits per heavy atom. The number of aromatic nitrogens is 2. The summed E-state index contributed by atoms with van der Waals surface area (Å²) in [5.74, 6) is -0.428. The molecule has 1 atom stereocenters. The lowest BCUT2D eigenvalue weighted by Crippen LogP contribution is -2.39. The van der Waals surface area contributed by atoms with Crippen LogP contribution in [0.5, 0.6) is 0 Å². The Labute approximate surface area is 213 Å². The van der Waals surface area contributed by atoms with Gasteiger partial charge in [-0.3, -0.25) is 4.79 Å². The number of imidazole rings is 1. The predicted octanol–water partition coefficient (Wildman–Crippen LogP) is 5.36. The maximum absolute atomic E-state index is 12.4. The van der Waals surface area contributed by atoms with E-state index in [0.29, 0.717) is 0 Å². The van der Waals surface area contributed by atoms with E-state index in [0.717, 1.165) is 22.4 Å². The largest absolute Gasteiger partial charge is 0.459 e. The summed E-state index contributed by atoms with van der Waals surface area (Å²) in [5, 5.41) is 0. The van der Waals surface area contributed by atoms with Gasteiger partial charge < -0.3 is 15.0 Å². The summed E-state index contributed by atoms with van der Waals surface area (Å²) in [6.45, 7) is 5.50. The lowest BCUT2D eigenvalue weighted by molar-refractivity contribution is -0.156. The van der Waals surface area contributed by atoms with Crippen molar-refractivity contribution in [3.05, 3.63) is 126 Å². The molecule has 0 saturated carbocycles. The van der Waals surface area contributed by atoms with Gasteiger partial charge in [-0.25, -0.2) is 4.98 Å². The number of hydrogen-bond donors (Lipinski definition) is 1. The molecular formula is C29H32ClN3O2. The Morgan fingerprint density at radius 1 is 0.857 bits per heavy atom. The van der Waals surface area contributed by atoms with E-state index >= 15 is 0 Å². The summed E-state index contributed by atoms with van der Waals surface area (Å²) in [6, 6.07) is 30.3. The fourth-order valence-corrected chi connectivity index (χ4v) is 4.32. The van der Waals surface area contributed by atoms with Crippen molar-refractivity contribution >= 4 is 18.4 Å². The van der Waals surface area contributed by atoms with Gasteiger partial charge in [-0.2, -0.15) is 0 Å². The number of carbonyl (C=O) groups excluding carboxylic acids is 1. The van der Waals surface area contributed by atoms with Crippen LogP contribution in [0.25, 0.3) is 0 Å². The van der Waals surface area contributed by atoms with Gasteiger partial charge in [0.15, 0.2) is 0 Å². The number of carbonyl (C=O) groups is 1. The molecule has 0 radical (unpaired) electrons. The first-order valence-electron chi connectivity index (χ1n) is 11.5. The van der Waals surface area contributed by atoms with Gasteiger partial charge in [-0.15, -0.1) is 12.4 Å². The van der Waals surface area contributed by atoms with Gasteiger partial charge in [0.2, 0.25) is 0 Å². The van der Waals surface area contributed by atoms with Gasteiger partial charge in [0.1, 0.15) is 17.2 Å². The molecule has 2 N–H and O–H groups in total. The Bertz CT molecular complexity index is 1120. The van der Waals surface area contributed by atoms with Gasteiger partial charge in [0, 0.05) is 12.6 Å². The van der Waals surface area contributed by atoms with Crippen LogP contribution >= 0.6 is 12.4 Å². The molecule has 1 heterocycles. The summed E-state index contributed by atoms with van der Waals surface area (Å²) in [7, 11) is 0. The van der Waals surface area contributed by atoms with Gasteiger partial charge in [0.25, 0.3) is 0 Å². The number of benzene rings is 3. The summed E-state index contributed by atoms with van der Waals surface area (Å²) < 4.78 is 7.57. The van der Waals surface area contributed by atoms with Crippen LogP contribution in [0.15, 0.2) is 104 Å². The number of rotatable bonds is 7. The third kappa shape index (κ3) is 5.64. The van der Waals surface area contributed by atoms with Crippen LogP contribution in [0.2, 0.25) is 0 Å². The Balaban J connectivity index is 0.00000342. The summed E-state index contributed by atoms with van der Waals surface area (Å²) in [6.07, 6.45) is 4.09. The van der Waals surface area contributed by atoms with E-state index in [1.165, 1.54) is 0 Å². The van der Waals surface area contributed by atoms with Crippen molar-refractivity contribution in [1.82, 2.24) is 9.55 Å². The zero-order valence-corrected chi connectivity index (χ0v) is 21.1. The third-order valence-electron chi connectivity index (χ3n) is 5.74. The van der Waals surface area contributed by atoms with Crippen LogP contribution in [0, 0.1) is 0 Å². The van der Waals surface area contributed by atoms with Gasteiger partial charge in [-0.05, 0) is 37.5 Å². The highest BCUT2D eigenvalue weighted by atomic mass is 35.5. The molecule has 3 aromatic carbocycles. The first-order valence-corrected chi connectivity index (χ1v) is 11.5. The monoisotopic (exact) mass is 489 g/mol. The molecule has 0 amide bonds. The van der Waals surface area contributed by atoms with E-state index in [2.05, 4.69) is 45.9 Å². The van der Waals surface area contributed by atoms with Crippen molar-refractivity contribution in [3.8, 4) is 0 Å². The number of halogens is 1. The summed E-state index contributed by atoms with van der Waals surface area (Å²) in [4.78, 5) is 17.1. The quantitative estimate of drug-likeness (QED) is 0.280. The lowest BCUT2D eigenvalue weighted by atomic mass is 9.77. The molecule has 0 fully saturated rings. The van der Waals surface area contributed by atoms with Gasteiger partial charge in [-0.1, -0.05) is 91.0 Å². The normalized spacial score (nSPS) is 12.5. The van der Waals surface area contributed by atoms with Crippen LogP contribution in [0.4, 0.5) is 0 Å². The van der Waals surface area contributed by atoms with E-state index in [1.807, 2.05) is 87.9 Å². The van der Waals surface area contributed by atoms with Crippen molar-refractivity contribution in [2.75, 3.05) is 0 Å². The number of ether oxygens (including phenoxy) is 1. The van der Waals surface area contributed by atoms with Crippen molar-refractivity contribution in [2.45, 2.75) is 44.4 Å². The van der Waals surface area contributed by atoms with Crippen LogP contribution in [-0.2, 0) is 21.5 Å². The first-order chi connectivity index (χ1) is 16.3. The molecule has 0 aliphatic heterocycles. The molecule has 0 spiro atoms. The van der Waals surface area contributed by atoms with E-state index in [1.54, 1.807) is 0 Å². The summed E-state index contributed by atoms with van der Waals surface area (Å²) in [5.41, 5.74) is 8.99. The average Bonchev–Trinajstić information content (AvgIpc) is 3.29. The molecule has 1 aromatic heterocycles. The molecule has 4 rings (SSSR count). The number of esters is 1. The minimum atomic E-state index is -0.790. The Hall–Kier alpha value is -3.41. The van der Waals surface area contributed by atoms with Crippen LogP contribution in [0.1, 0.15) is 43.2 Å². The molecular weight excluding hydrogens is 458 g/mol. The van der Waals surface area contributed by atoms with Crippen molar-refractivity contribution in [3.63, 3.8) is 0 Å². The second-order valence-corrected chi connectivity index (χ2v) is 9.42. The third-order valence-corrected chi connectivity index (χ3v) is 5.74. The molecule has 4 aromatic rings. The van der Waals surface area contributed by atoms with E-state index in [4.69, 9.17) is 10.5 Å². The zero-order chi connectivity index (χ0) is 24.2. The molecule has 6 heteroatoms. The number of nitrogens with zero attached hydrogens (tertiary/aromatic N) is 2. The number of hydrogen-bond acceptors (Lipinski definition) is 4. The molecule has 0 unspecified atom stereocenters. The molecule has 0 aliphatic carbocycles. The Morgan fingerprint density at radius 3 is 1.69 bits per heavy atom. The molecule has 0 aliphatic rings. The van der Waals surface area contributed by atoms with Crippen molar-refractivity contribution in [1.29, 1.82) is 0 Å². The number of nitrogens with two attached hydrogens (primary N) is 1. The Kier molecular flexibility index (Phi) is 8.15. The lowest BCUT2D eigenvalue weighted by Gasteiger charge is -2.37. The van der Waals surface area contributed by atoms with Crippen molar-refractivity contribution in [2.24, 2.45) is 5.73 Å². The summed E-state index contributed by atoms with van der Waals surface area (Å²) >= 11 is 0. The molecule has 35 heavy (non-hydrogen) atoms. The highest BCUT2D eigenvalue weighted by molar-refractivity contribution is 5.85. The highest BCUT2D eigenvalue weighted by Gasteiger charge is 2.38. The molecule has 0 bridgehead atoms. The SMILES string of the molecule is CC(C)(C)OC(=O)[C@@H](N)Cc1cn(C(c2ccccc2)(c2ccccc2)c2ccccc2)cn1.Cl. The van der Waals surface area contributed by atoms with Gasteiger partial charge in [0.05, 0.1) is 12.0 Å². The zero-order valence-electron chi connectivity index (χ0n) is 20.3. The van der Waals surface area contributed by atoms with E-state index in [9.17, 15) is 4.79 Å². The van der Waals surface area contributed by atoms with Crippen LogP contribution in [-0.4, -0.2) is 27.2 Å². The van der Waals surface area contributed by atoms with Crippen molar-refractivity contribution < 1.29 is 9.53 Å². The minimum absolute atomic E-state index is 0. The van der Waals surface area contributed by atoms with Crippen LogP contribution in [0.3, 0.4) is 0 Å². The average molecular weight is 490 g/mol. The minimum Gasteiger partial charge on any atom is -0.459 e. The van der Waals surface area contributed by atoms with E-state index in [-0.39, 0.29) is 18.8 Å². The second-order valence-electron chi connectivity index (χ2n) is 9.42. The predicted molar refractivity (Wildman–Crippen MR) is 142 cm³/mol. The first kappa shape index (κ1) is 26.2. The fourth-order valence-electron chi connectivity index (χ4n) is 4.32. The molecule has 182 valence electrons. The van der Waals surface area contributed by atoms with E-state index < -0.39 is 23.2 Å². The second kappa shape index (κ2) is 10.9.